The van der Waals surface area contributed by atoms with Crippen molar-refractivity contribution in [1.29, 1.82) is 0 Å². The van der Waals surface area contributed by atoms with Crippen molar-refractivity contribution in [2.45, 2.75) is 13.0 Å². The summed E-state index contributed by atoms with van der Waals surface area (Å²) >= 11 is 0. The first-order valence-corrected chi connectivity index (χ1v) is 9.94. The van der Waals surface area contributed by atoms with Gasteiger partial charge in [-0.2, -0.15) is 0 Å². The van der Waals surface area contributed by atoms with Crippen LogP contribution in [0.1, 0.15) is 6.42 Å². The third-order valence-electron chi connectivity index (χ3n) is 5.67. The van der Waals surface area contributed by atoms with E-state index >= 15 is 0 Å². The van der Waals surface area contributed by atoms with E-state index in [2.05, 4.69) is 14.4 Å². The summed E-state index contributed by atoms with van der Waals surface area (Å²) in [6.07, 6.45) is 0.958. The van der Waals surface area contributed by atoms with Crippen molar-refractivity contribution in [2.75, 3.05) is 45.9 Å². The fourth-order valence-corrected chi connectivity index (χ4v) is 4.17. The zero-order chi connectivity index (χ0) is 19.5. The van der Waals surface area contributed by atoms with Crippen molar-refractivity contribution in [3.05, 3.63) is 58.5 Å². The summed E-state index contributed by atoms with van der Waals surface area (Å²) in [6.45, 7) is 6.73. The van der Waals surface area contributed by atoms with Crippen LogP contribution in [0.4, 0.5) is 4.39 Å². The lowest BCUT2D eigenvalue weighted by Gasteiger charge is -2.34. The maximum Gasteiger partial charge on any atom is 0.197 e. The standard InChI is InChI=1S/C22H26FN3O2/c23-17-6-7-21-19(16-17)22(28)18-4-1-2-5-20(18)26(21)9-3-8-24-10-12-25(13-11-24)14-15-27/h1-2,4-7,16,27H,3,8-15H2. The number of fused-ring (bicyclic) bond motifs is 2. The Bertz CT molecular complexity index is 1030. The Balaban J connectivity index is 1.55. The number of nitrogens with zero attached hydrogens (tertiary/aromatic N) is 3. The first kappa shape index (κ1) is 19.1. The van der Waals surface area contributed by atoms with Crippen LogP contribution in [0.15, 0.2) is 47.3 Å². The SMILES string of the molecule is O=c1c2ccccc2n(CCCN2CCN(CCO)CC2)c2ccc(F)cc12. The number of aryl methyl sites for hydroxylation is 1. The highest BCUT2D eigenvalue weighted by Gasteiger charge is 2.16. The molecule has 0 spiro atoms. The van der Waals surface area contributed by atoms with Crippen molar-refractivity contribution in [2.24, 2.45) is 0 Å². The number of hydrogen-bond acceptors (Lipinski definition) is 4. The summed E-state index contributed by atoms with van der Waals surface area (Å²) in [6, 6.07) is 12.1. The molecule has 3 aromatic rings. The van der Waals surface area contributed by atoms with Gasteiger partial charge in [-0.3, -0.25) is 9.69 Å². The molecular weight excluding hydrogens is 357 g/mol. The number of aliphatic hydroxyl groups excluding tert-OH is 1. The van der Waals surface area contributed by atoms with E-state index in [0.717, 1.165) is 63.3 Å². The van der Waals surface area contributed by atoms with Gasteiger partial charge in [-0.1, -0.05) is 12.1 Å². The van der Waals surface area contributed by atoms with E-state index < -0.39 is 0 Å². The van der Waals surface area contributed by atoms with Crippen LogP contribution in [-0.4, -0.2) is 65.3 Å². The maximum absolute atomic E-state index is 13.8. The lowest BCUT2D eigenvalue weighted by atomic mass is 10.1. The average molecular weight is 383 g/mol. The molecule has 1 saturated heterocycles. The van der Waals surface area contributed by atoms with Crippen LogP contribution in [0.25, 0.3) is 21.8 Å². The van der Waals surface area contributed by atoms with Crippen molar-refractivity contribution in [1.82, 2.24) is 14.4 Å². The van der Waals surface area contributed by atoms with Gasteiger partial charge in [-0.25, -0.2) is 4.39 Å². The molecule has 2 heterocycles. The fraction of sp³-hybridized carbons (Fsp3) is 0.409. The van der Waals surface area contributed by atoms with Crippen LogP contribution in [0.2, 0.25) is 0 Å². The second-order valence-electron chi connectivity index (χ2n) is 7.42. The minimum absolute atomic E-state index is 0.110. The van der Waals surface area contributed by atoms with E-state index in [4.69, 9.17) is 5.11 Å². The molecule has 1 N–H and O–H groups in total. The predicted octanol–water partition coefficient (Wildman–Crippen LogP) is 2.29. The molecule has 2 aromatic carbocycles. The molecule has 6 heteroatoms. The van der Waals surface area contributed by atoms with E-state index in [1.807, 2.05) is 24.3 Å². The molecule has 5 nitrogen and oxygen atoms in total. The number of piperazine rings is 1. The molecule has 1 aromatic heterocycles. The number of para-hydroxylation sites is 1. The maximum atomic E-state index is 13.8. The summed E-state index contributed by atoms with van der Waals surface area (Å²) in [5.74, 6) is -0.382. The van der Waals surface area contributed by atoms with Gasteiger partial charge in [0.05, 0.1) is 17.6 Å². The summed E-state index contributed by atoms with van der Waals surface area (Å²) in [4.78, 5) is 17.5. The Morgan fingerprint density at radius 2 is 1.54 bits per heavy atom. The van der Waals surface area contributed by atoms with E-state index in [9.17, 15) is 9.18 Å². The van der Waals surface area contributed by atoms with Gasteiger partial charge in [-0.05, 0) is 43.3 Å². The zero-order valence-electron chi connectivity index (χ0n) is 16.0. The van der Waals surface area contributed by atoms with Gasteiger partial charge >= 0.3 is 0 Å². The second-order valence-corrected chi connectivity index (χ2v) is 7.42. The van der Waals surface area contributed by atoms with Gasteiger partial charge < -0.3 is 14.6 Å². The van der Waals surface area contributed by atoms with Gasteiger partial charge in [-0.15, -0.1) is 0 Å². The molecule has 0 amide bonds. The van der Waals surface area contributed by atoms with Gasteiger partial charge in [0.2, 0.25) is 0 Å². The van der Waals surface area contributed by atoms with Gasteiger partial charge in [0.1, 0.15) is 5.82 Å². The Labute approximate surface area is 163 Å². The van der Waals surface area contributed by atoms with E-state index in [-0.39, 0.29) is 17.9 Å². The normalized spacial score (nSPS) is 16.2. The van der Waals surface area contributed by atoms with E-state index in [1.54, 1.807) is 6.07 Å². The molecule has 1 aliphatic rings. The number of aliphatic hydroxyl groups is 1. The third kappa shape index (κ3) is 3.81. The fourth-order valence-electron chi connectivity index (χ4n) is 4.17. The number of pyridine rings is 1. The van der Waals surface area contributed by atoms with Gasteiger partial charge in [0.15, 0.2) is 5.43 Å². The summed E-state index contributed by atoms with van der Waals surface area (Å²) in [5, 5.41) is 10.1. The summed E-state index contributed by atoms with van der Waals surface area (Å²) in [5.41, 5.74) is 1.58. The number of benzene rings is 2. The molecule has 1 fully saturated rings. The number of rotatable bonds is 6. The molecule has 148 valence electrons. The van der Waals surface area contributed by atoms with Crippen molar-refractivity contribution in [3.63, 3.8) is 0 Å². The lowest BCUT2D eigenvalue weighted by molar-refractivity contribution is 0.111. The Morgan fingerprint density at radius 1 is 0.857 bits per heavy atom. The second kappa shape index (κ2) is 8.39. The molecule has 1 aliphatic heterocycles. The molecule has 0 saturated carbocycles. The van der Waals surface area contributed by atoms with Gasteiger partial charge in [0, 0.05) is 50.0 Å². The molecule has 0 radical (unpaired) electrons. The predicted molar refractivity (Wildman–Crippen MR) is 110 cm³/mol. The number of halogens is 1. The van der Waals surface area contributed by atoms with Crippen LogP contribution in [0.3, 0.4) is 0 Å². The monoisotopic (exact) mass is 383 g/mol. The highest BCUT2D eigenvalue weighted by atomic mass is 19.1. The molecule has 4 rings (SSSR count). The summed E-state index contributed by atoms with van der Waals surface area (Å²) < 4.78 is 15.9. The molecule has 0 atom stereocenters. The van der Waals surface area contributed by atoms with Crippen LogP contribution in [0.5, 0.6) is 0 Å². The molecule has 28 heavy (non-hydrogen) atoms. The Morgan fingerprint density at radius 3 is 2.29 bits per heavy atom. The first-order valence-electron chi connectivity index (χ1n) is 9.94. The highest BCUT2D eigenvalue weighted by Crippen LogP contribution is 2.20. The highest BCUT2D eigenvalue weighted by molar-refractivity contribution is 5.93. The van der Waals surface area contributed by atoms with Crippen molar-refractivity contribution < 1.29 is 9.50 Å². The Kier molecular flexibility index (Phi) is 5.71. The van der Waals surface area contributed by atoms with Crippen molar-refractivity contribution >= 4 is 21.8 Å². The van der Waals surface area contributed by atoms with Crippen molar-refractivity contribution in [3.8, 4) is 0 Å². The average Bonchev–Trinajstić information content (AvgIpc) is 2.72. The molecule has 0 unspecified atom stereocenters. The van der Waals surface area contributed by atoms with Crippen LogP contribution in [0, 0.1) is 5.82 Å². The molecule has 0 bridgehead atoms. The molecule has 0 aliphatic carbocycles. The van der Waals surface area contributed by atoms with Crippen LogP contribution < -0.4 is 5.43 Å². The van der Waals surface area contributed by atoms with E-state index in [0.29, 0.717) is 10.8 Å². The summed E-state index contributed by atoms with van der Waals surface area (Å²) in [7, 11) is 0. The van der Waals surface area contributed by atoms with Gasteiger partial charge in [0.25, 0.3) is 0 Å². The topological polar surface area (TPSA) is 48.7 Å². The van der Waals surface area contributed by atoms with E-state index in [1.165, 1.54) is 12.1 Å². The Hall–Kier alpha value is -2.28. The number of β-amino-alcohol motifs (C(OH)–C–C–N with tert-alkyl or cyclic N) is 1. The third-order valence-corrected chi connectivity index (χ3v) is 5.67. The first-order chi connectivity index (χ1) is 13.7. The quantitative estimate of drug-likeness (QED) is 0.664. The minimum Gasteiger partial charge on any atom is -0.395 e. The number of hydrogen-bond donors (Lipinski definition) is 1. The lowest BCUT2D eigenvalue weighted by Crippen LogP contribution is -2.47. The van der Waals surface area contributed by atoms with Crippen LogP contribution in [-0.2, 0) is 6.54 Å². The smallest absolute Gasteiger partial charge is 0.197 e. The number of aromatic nitrogens is 1. The largest absolute Gasteiger partial charge is 0.395 e. The minimum atomic E-state index is -0.382. The van der Waals surface area contributed by atoms with Crippen LogP contribution >= 0.6 is 0 Å². The molecular formula is C22H26FN3O2. The zero-order valence-corrected chi connectivity index (χ0v) is 16.0.